The summed E-state index contributed by atoms with van der Waals surface area (Å²) in [4.78, 5) is 45.3. The van der Waals surface area contributed by atoms with Crippen LogP contribution in [0.3, 0.4) is 0 Å². The summed E-state index contributed by atoms with van der Waals surface area (Å²) in [6.07, 6.45) is 0.595. The number of rotatable bonds is 4. The molecule has 1 saturated heterocycles. The standard InChI is InChI=1S/C33H41F4N3O6/c1-6-21-24(17-41)40-16-25(21)45-27-22(13-18-10-11-20(44-29(34)35)14-23(18)38-27)33(36,37)12-8-7-9-19-15-32(19,5)46-30(43)39-26(28(40)42)31(2,3)4/h10-11,13-14,17,19,21,24-26,29H,6-9,12,15-16H2,1-5H3,(H,39,43)/t19-,21+,24-,25+,26-,32-/m1/s1. The lowest BCUT2D eigenvalue weighted by atomic mass is 9.85. The number of carbonyl (C=O) groups is 3. The minimum absolute atomic E-state index is 0.00970. The SMILES string of the molecule is CC[C@@H]1[C@@H]2CN(C(=O)[C@H](C(C)(C)C)NC(=O)O[C@]3(C)C[C@H]3CCCCC(F)(F)c3cc4ccc(OC(F)F)cc4nc3O2)[C@@H]1C=O. The number of fused-ring (bicyclic) bond motifs is 5. The third-order valence-electron chi connectivity index (χ3n) is 9.53. The number of alkyl halides is 4. The molecule has 6 atom stereocenters. The topological polar surface area (TPSA) is 107 Å². The van der Waals surface area contributed by atoms with Crippen molar-refractivity contribution >= 4 is 29.2 Å². The van der Waals surface area contributed by atoms with E-state index in [1.54, 1.807) is 34.6 Å². The van der Waals surface area contributed by atoms with Crippen molar-refractivity contribution in [3.05, 3.63) is 29.8 Å². The Morgan fingerprint density at radius 2 is 1.93 bits per heavy atom. The molecule has 1 aromatic carbocycles. The summed E-state index contributed by atoms with van der Waals surface area (Å²) in [5.74, 6) is -5.10. The second-order valence-corrected chi connectivity index (χ2v) is 13.9. The van der Waals surface area contributed by atoms with Crippen molar-refractivity contribution in [1.29, 1.82) is 0 Å². The Hall–Kier alpha value is -3.64. The number of aromatic nitrogens is 1. The molecule has 2 bridgehead atoms. The zero-order valence-corrected chi connectivity index (χ0v) is 26.7. The van der Waals surface area contributed by atoms with Crippen molar-refractivity contribution in [2.75, 3.05) is 6.54 Å². The molecule has 1 saturated carbocycles. The minimum Gasteiger partial charge on any atom is -0.472 e. The number of ether oxygens (including phenoxy) is 3. The quantitative estimate of drug-likeness (QED) is 0.293. The highest BCUT2D eigenvalue weighted by atomic mass is 19.3. The van der Waals surface area contributed by atoms with E-state index >= 15 is 8.78 Å². The summed E-state index contributed by atoms with van der Waals surface area (Å²) in [6, 6.07) is 3.07. The second kappa shape index (κ2) is 12.5. The first-order valence-electron chi connectivity index (χ1n) is 15.8. The van der Waals surface area contributed by atoms with Gasteiger partial charge >= 0.3 is 12.7 Å². The molecule has 0 radical (unpaired) electrons. The first-order valence-corrected chi connectivity index (χ1v) is 15.8. The summed E-state index contributed by atoms with van der Waals surface area (Å²) in [5, 5.41) is 3.01. The van der Waals surface area contributed by atoms with Crippen molar-refractivity contribution in [2.24, 2.45) is 17.3 Å². The molecule has 0 unspecified atom stereocenters. The number of hydrogen-bond donors (Lipinski definition) is 1. The molecule has 252 valence electrons. The first-order chi connectivity index (χ1) is 21.6. The van der Waals surface area contributed by atoms with Gasteiger partial charge in [0, 0.05) is 29.7 Å². The van der Waals surface area contributed by atoms with E-state index in [0.717, 1.165) is 0 Å². The van der Waals surface area contributed by atoms with Gasteiger partial charge in [-0.3, -0.25) is 4.79 Å². The predicted octanol–water partition coefficient (Wildman–Crippen LogP) is 6.60. The largest absolute Gasteiger partial charge is 0.472 e. The molecule has 1 N–H and O–H groups in total. The molecule has 1 aromatic heterocycles. The van der Waals surface area contributed by atoms with Crippen LogP contribution in [0.25, 0.3) is 10.9 Å². The summed E-state index contributed by atoms with van der Waals surface area (Å²) in [5.41, 5.74) is -1.91. The highest BCUT2D eigenvalue weighted by Crippen LogP contribution is 2.50. The van der Waals surface area contributed by atoms with E-state index in [1.165, 1.54) is 29.2 Å². The first kappa shape index (κ1) is 33.7. The molecule has 2 fully saturated rings. The zero-order valence-electron chi connectivity index (χ0n) is 26.7. The van der Waals surface area contributed by atoms with Crippen LogP contribution in [-0.4, -0.2) is 65.1 Å². The zero-order chi connectivity index (χ0) is 33.6. The third-order valence-corrected chi connectivity index (χ3v) is 9.53. The number of aldehydes is 1. The lowest BCUT2D eigenvalue weighted by Crippen LogP contribution is -2.56. The number of halogens is 4. The fourth-order valence-corrected chi connectivity index (χ4v) is 6.75. The van der Waals surface area contributed by atoms with Gasteiger partial charge in [0.2, 0.25) is 11.8 Å². The van der Waals surface area contributed by atoms with Gasteiger partial charge in [0.05, 0.1) is 23.7 Å². The second-order valence-electron chi connectivity index (χ2n) is 13.9. The Kier molecular flexibility index (Phi) is 9.18. The molecular formula is C33H41F4N3O6. The van der Waals surface area contributed by atoms with E-state index in [0.29, 0.717) is 32.0 Å². The Balaban J connectivity index is 1.58. The average molecular weight is 652 g/mol. The van der Waals surface area contributed by atoms with Crippen LogP contribution in [0.1, 0.15) is 78.7 Å². The molecule has 5 rings (SSSR count). The van der Waals surface area contributed by atoms with Gasteiger partial charge in [0.15, 0.2) is 0 Å². The van der Waals surface area contributed by atoms with Crippen molar-refractivity contribution in [3.8, 4) is 11.6 Å². The maximum absolute atomic E-state index is 16.0. The third kappa shape index (κ3) is 6.88. The molecule has 3 aliphatic rings. The highest BCUT2D eigenvalue weighted by molar-refractivity contribution is 5.89. The van der Waals surface area contributed by atoms with Crippen LogP contribution in [0.5, 0.6) is 11.6 Å². The Morgan fingerprint density at radius 1 is 1.20 bits per heavy atom. The number of pyridine rings is 1. The number of benzene rings is 1. The fraction of sp³-hybridized carbons (Fsp3) is 0.636. The van der Waals surface area contributed by atoms with E-state index < -0.39 is 77.5 Å². The van der Waals surface area contributed by atoms with Crippen LogP contribution in [0.4, 0.5) is 22.4 Å². The van der Waals surface area contributed by atoms with Gasteiger partial charge in [-0.15, -0.1) is 0 Å². The van der Waals surface area contributed by atoms with Crippen molar-refractivity contribution in [1.82, 2.24) is 15.2 Å². The van der Waals surface area contributed by atoms with Crippen molar-refractivity contribution < 1.29 is 46.2 Å². The predicted molar refractivity (Wildman–Crippen MR) is 160 cm³/mol. The molecule has 46 heavy (non-hydrogen) atoms. The number of nitrogens with one attached hydrogen (secondary N) is 1. The van der Waals surface area contributed by atoms with Crippen LogP contribution in [-0.2, 0) is 20.2 Å². The lowest BCUT2D eigenvalue weighted by molar-refractivity contribution is -0.139. The Labute approximate surface area is 265 Å². The van der Waals surface area contributed by atoms with Crippen LogP contribution in [0.15, 0.2) is 24.3 Å². The number of amides is 2. The van der Waals surface area contributed by atoms with Crippen LogP contribution >= 0.6 is 0 Å². The highest BCUT2D eigenvalue weighted by Gasteiger charge is 2.54. The maximum atomic E-state index is 16.0. The Bertz CT molecular complexity index is 1480. The van der Waals surface area contributed by atoms with Crippen molar-refractivity contribution in [3.63, 3.8) is 0 Å². The summed E-state index contributed by atoms with van der Waals surface area (Å²) < 4.78 is 74.3. The van der Waals surface area contributed by atoms with E-state index in [9.17, 15) is 23.2 Å². The van der Waals surface area contributed by atoms with E-state index in [-0.39, 0.29) is 35.5 Å². The molecule has 13 heteroatoms. The summed E-state index contributed by atoms with van der Waals surface area (Å²) >= 11 is 0. The average Bonchev–Trinajstić information content (AvgIpc) is 3.45. The van der Waals surface area contributed by atoms with Gasteiger partial charge in [-0.2, -0.15) is 8.78 Å². The van der Waals surface area contributed by atoms with E-state index in [2.05, 4.69) is 15.0 Å². The fourth-order valence-electron chi connectivity index (χ4n) is 6.75. The van der Waals surface area contributed by atoms with Gasteiger partial charge < -0.3 is 29.2 Å². The smallest absolute Gasteiger partial charge is 0.408 e. The molecule has 3 heterocycles. The number of hydrogen-bond acceptors (Lipinski definition) is 7. The summed E-state index contributed by atoms with van der Waals surface area (Å²) in [7, 11) is 0. The molecule has 2 aliphatic heterocycles. The molecule has 1 aliphatic carbocycles. The van der Waals surface area contributed by atoms with Crippen molar-refractivity contribution in [2.45, 2.75) is 109 Å². The van der Waals surface area contributed by atoms with Gasteiger partial charge in [-0.25, -0.2) is 18.6 Å². The van der Waals surface area contributed by atoms with Crippen LogP contribution in [0.2, 0.25) is 0 Å². The molecule has 2 amide bonds. The van der Waals surface area contributed by atoms with E-state index in [1.807, 2.05) is 0 Å². The maximum Gasteiger partial charge on any atom is 0.408 e. The number of alkyl carbamates (subject to hydrolysis) is 1. The van der Waals surface area contributed by atoms with Gasteiger partial charge in [-0.1, -0.05) is 34.1 Å². The van der Waals surface area contributed by atoms with Gasteiger partial charge in [0.1, 0.15) is 29.8 Å². The number of nitrogens with zero attached hydrogens (tertiary/aromatic N) is 2. The molecule has 9 nitrogen and oxygen atoms in total. The summed E-state index contributed by atoms with van der Waals surface area (Å²) in [6.45, 7) is 5.69. The van der Waals surface area contributed by atoms with Crippen LogP contribution < -0.4 is 14.8 Å². The normalized spacial score (nSPS) is 30.3. The minimum atomic E-state index is -3.37. The van der Waals surface area contributed by atoms with Gasteiger partial charge in [-0.05, 0) is 56.2 Å². The lowest BCUT2D eigenvalue weighted by Gasteiger charge is -2.35. The molecule has 0 spiro atoms. The molecule has 2 aromatic rings. The Morgan fingerprint density at radius 3 is 2.59 bits per heavy atom. The van der Waals surface area contributed by atoms with Gasteiger partial charge in [0.25, 0.3) is 5.92 Å². The number of carbonyl (C=O) groups excluding carboxylic acids is 3. The van der Waals surface area contributed by atoms with E-state index in [4.69, 9.17) is 9.47 Å². The monoisotopic (exact) mass is 651 g/mol. The van der Waals surface area contributed by atoms with Crippen LogP contribution in [0, 0.1) is 17.3 Å². The molecular weight excluding hydrogens is 610 g/mol.